The van der Waals surface area contributed by atoms with E-state index in [9.17, 15) is 4.79 Å². The van der Waals surface area contributed by atoms with Gasteiger partial charge in [0.15, 0.2) is 12.4 Å². The number of rotatable bonds is 3. The summed E-state index contributed by atoms with van der Waals surface area (Å²) in [6, 6.07) is 14.1. The van der Waals surface area contributed by atoms with Gasteiger partial charge < -0.3 is 17.0 Å². The normalized spacial score (nSPS) is 10.2. The van der Waals surface area contributed by atoms with Gasteiger partial charge in [-0.2, -0.15) is 4.57 Å². The van der Waals surface area contributed by atoms with E-state index in [0.29, 0.717) is 6.54 Å². The number of benzene rings is 1. The molecule has 3 rings (SSSR count). The monoisotopic (exact) mass is 347 g/mol. The van der Waals surface area contributed by atoms with Crippen LogP contribution in [-0.2, 0) is 6.54 Å². The molecule has 0 amide bonds. The van der Waals surface area contributed by atoms with E-state index in [2.05, 4.69) is 6.07 Å². The molecular weight excluding hydrogens is 334 g/mol. The van der Waals surface area contributed by atoms with Crippen molar-refractivity contribution in [3.63, 3.8) is 0 Å². The smallest absolute Gasteiger partial charge is 0.237 e. The van der Waals surface area contributed by atoms with Crippen molar-refractivity contribution in [2.75, 3.05) is 0 Å². The summed E-state index contributed by atoms with van der Waals surface area (Å²) in [5.41, 5.74) is 1.20. The van der Waals surface area contributed by atoms with E-state index in [1.165, 1.54) is 10.3 Å². The van der Waals surface area contributed by atoms with Gasteiger partial charge in [0, 0.05) is 16.8 Å². The van der Waals surface area contributed by atoms with Crippen molar-refractivity contribution in [2.45, 2.75) is 13.5 Å². The summed E-state index contributed by atoms with van der Waals surface area (Å²) in [6.07, 6.45) is 3.89. The molecule has 0 aliphatic heterocycles. The second-order valence-electron chi connectivity index (χ2n) is 4.62. The molecule has 2 aromatic heterocycles. The van der Waals surface area contributed by atoms with Crippen molar-refractivity contribution in [3.8, 4) is 0 Å². The molecule has 0 unspecified atom stereocenters. The number of Topliss-reactive ketones (excluding diaryl/α,β-unsaturated/α-hetero) is 1. The molecule has 4 heteroatoms. The highest BCUT2D eigenvalue weighted by molar-refractivity contribution is 7.20. The van der Waals surface area contributed by atoms with Gasteiger partial charge in [0.05, 0.1) is 4.88 Å². The minimum Gasteiger partial charge on any atom is -1.00 e. The quantitative estimate of drug-likeness (QED) is 0.495. The number of ketones is 1. The van der Waals surface area contributed by atoms with Crippen molar-refractivity contribution >= 4 is 27.2 Å². The SMILES string of the molecule is Cc1cc[n+](CC(=O)c2cc3ccccc3s2)cc1.[Br-]. The Labute approximate surface area is 132 Å². The average Bonchev–Trinajstić information content (AvgIpc) is 2.85. The molecule has 2 nitrogen and oxygen atoms in total. The van der Waals surface area contributed by atoms with Crippen LogP contribution in [0.2, 0.25) is 0 Å². The predicted octanol–water partition coefficient (Wildman–Crippen LogP) is 0.384. The molecule has 0 aliphatic carbocycles. The molecule has 0 radical (unpaired) electrons. The fourth-order valence-corrected chi connectivity index (χ4v) is 2.99. The Morgan fingerprint density at radius 1 is 1.15 bits per heavy atom. The molecule has 102 valence electrons. The van der Waals surface area contributed by atoms with Crippen LogP contribution in [0.15, 0.2) is 54.9 Å². The molecule has 2 heterocycles. The van der Waals surface area contributed by atoms with Gasteiger partial charge in [-0.25, -0.2) is 0 Å². The summed E-state index contributed by atoms with van der Waals surface area (Å²) in [7, 11) is 0. The summed E-state index contributed by atoms with van der Waals surface area (Å²) in [5.74, 6) is 0.162. The number of hydrogen-bond donors (Lipinski definition) is 0. The van der Waals surface area contributed by atoms with Crippen molar-refractivity contribution in [2.24, 2.45) is 0 Å². The van der Waals surface area contributed by atoms with Gasteiger partial charge >= 0.3 is 0 Å². The fourth-order valence-electron chi connectivity index (χ4n) is 2.00. The number of fused-ring (bicyclic) bond motifs is 1. The second-order valence-corrected chi connectivity index (χ2v) is 5.70. The van der Waals surface area contributed by atoms with Crippen LogP contribution < -0.4 is 21.5 Å². The number of aryl methyl sites for hydroxylation is 1. The first kappa shape index (κ1) is 14.9. The zero-order chi connectivity index (χ0) is 13.2. The average molecular weight is 348 g/mol. The van der Waals surface area contributed by atoms with Crippen molar-refractivity contribution in [1.82, 2.24) is 0 Å². The second kappa shape index (κ2) is 6.29. The molecule has 0 fully saturated rings. The molecule has 0 bridgehead atoms. The maximum Gasteiger partial charge on any atom is 0.237 e. The van der Waals surface area contributed by atoms with E-state index < -0.39 is 0 Å². The third-order valence-electron chi connectivity index (χ3n) is 3.08. The Hall–Kier alpha value is -1.52. The fraction of sp³-hybridized carbons (Fsp3) is 0.125. The zero-order valence-corrected chi connectivity index (χ0v) is 13.4. The van der Waals surface area contributed by atoms with E-state index in [0.717, 1.165) is 10.3 Å². The van der Waals surface area contributed by atoms with Crippen molar-refractivity contribution in [3.05, 3.63) is 65.3 Å². The molecule has 0 aliphatic rings. The molecule has 0 saturated heterocycles. The minimum absolute atomic E-state index is 0. The number of carbonyl (C=O) groups excluding carboxylic acids is 1. The molecule has 0 N–H and O–H groups in total. The van der Waals surface area contributed by atoms with Gasteiger partial charge in [-0.05, 0) is 30.0 Å². The highest BCUT2D eigenvalue weighted by Gasteiger charge is 2.14. The van der Waals surface area contributed by atoms with Crippen LogP contribution in [0.25, 0.3) is 10.1 Å². The first-order valence-electron chi connectivity index (χ1n) is 6.20. The maximum absolute atomic E-state index is 12.3. The number of pyridine rings is 1. The third kappa shape index (κ3) is 3.14. The summed E-state index contributed by atoms with van der Waals surface area (Å²) >= 11 is 1.56. The van der Waals surface area contributed by atoms with E-state index in [1.54, 1.807) is 11.3 Å². The van der Waals surface area contributed by atoms with Crippen molar-refractivity contribution < 1.29 is 26.3 Å². The highest BCUT2D eigenvalue weighted by Crippen LogP contribution is 2.25. The van der Waals surface area contributed by atoms with E-state index >= 15 is 0 Å². The lowest BCUT2D eigenvalue weighted by Crippen LogP contribution is -3.00. The number of carbonyl (C=O) groups is 1. The van der Waals surface area contributed by atoms with Crippen LogP contribution in [0.5, 0.6) is 0 Å². The Kier molecular flexibility index (Phi) is 4.68. The number of halogens is 1. The number of aromatic nitrogens is 1. The largest absolute Gasteiger partial charge is 1.00 e. The van der Waals surface area contributed by atoms with Gasteiger partial charge in [-0.3, -0.25) is 4.79 Å². The van der Waals surface area contributed by atoms with Crippen molar-refractivity contribution in [1.29, 1.82) is 0 Å². The Balaban J connectivity index is 0.00000147. The lowest BCUT2D eigenvalue weighted by atomic mass is 10.2. The Bertz CT molecular complexity index is 701. The molecule has 0 saturated carbocycles. The highest BCUT2D eigenvalue weighted by atomic mass is 79.9. The predicted molar refractivity (Wildman–Crippen MR) is 77.5 cm³/mol. The standard InChI is InChI=1S/C16H14NOS.BrH/c1-12-6-8-17(9-7-12)11-14(18)16-10-13-4-2-3-5-15(13)19-16;/h2-10H,11H2,1H3;1H/q+1;/p-1. The van der Waals surface area contributed by atoms with Crippen LogP contribution in [0.1, 0.15) is 15.2 Å². The zero-order valence-electron chi connectivity index (χ0n) is 11.0. The van der Waals surface area contributed by atoms with E-state index in [1.807, 2.05) is 60.3 Å². The maximum atomic E-state index is 12.3. The molecule has 0 atom stereocenters. The Morgan fingerprint density at radius 3 is 2.55 bits per heavy atom. The number of nitrogens with zero attached hydrogens (tertiary/aromatic N) is 1. The van der Waals surface area contributed by atoms with E-state index in [4.69, 9.17) is 0 Å². The van der Waals surface area contributed by atoms with Gasteiger partial charge in [0.25, 0.3) is 0 Å². The lowest BCUT2D eigenvalue weighted by molar-refractivity contribution is -0.683. The summed E-state index contributed by atoms with van der Waals surface area (Å²) in [5, 5.41) is 1.14. The van der Waals surface area contributed by atoms with Gasteiger partial charge in [0.1, 0.15) is 0 Å². The lowest BCUT2D eigenvalue weighted by Gasteiger charge is -1.95. The topological polar surface area (TPSA) is 20.9 Å². The summed E-state index contributed by atoms with van der Waals surface area (Å²) in [6.45, 7) is 2.44. The van der Waals surface area contributed by atoms with Gasteiger partial charge in [-0.1, -0.05) is 18.2 Å². The van der Waals surface area contributed by atoms with Crippen LogP contribution >= 0.6 is 11.3 Å². The molecule has 0 spiro atoms. The summed E-state index contributed by atoms with van der Waals surface area (Å²) < 4.78 is 3.08. The Morgan fingerprint density at radius 2 is 1.85 bits per heavy atom. The molecule has 1 aromatic carbocycles. The number of thiophene rings is 1. The van der Waals surface area contributed by atoms with Gasteiger partial charge in [-0.15, -0.1) is 11.3 Å². The van der Waals surface area contributed by atoms with Crippen LogP contribution in [0, 0.1) is 6.92 Å². The van der Waals surface area contributed by atoms with Gasteiger partial charge in [0.2, 0.25) is 12.3 Å². The van der Waals surface area contributed by atoms with Crippen LogP contribution in [0.4, 0.5) is 0 Å². The summed E-state index contributed by atoms with van der Waals surface area (Å²) in [4.78, 5) is 13.1. The first-order valence-corrected chi connectivity index (χ1v) is 7.01. The molecule has 3 aromatic rings. The molecule has 20 heavy (non-hydrogen) atoms. The van der Waals surface area contributed by atoms with Crippen LogP contribution in [0.3, 0.4) is 0 Å². The number of hydrogen-bond acceptors (Lipinski definition) is 2. The van der Waals surface area contributed by atoms with E-state index in [-0.39, 0.29) is 22.8 Å². The minimum atomic E-state index is 0. The van der Waals surface area contributed by atoms with Crippen LogP contribution in [-0.4, -0.2) is 5.78 Å². The third-order valence-corrected chi connectivity index (χ3v) is 4.24. The first-order chi connectivity index (χ1) is 9.22. The molecular formula is C16H14BrNOS.